The molecule has 1 amide bonds. The summed E-state index contributed by atoms with van der Waals surface area (Å²) < 4.78 is 0. The molecule has 1 saturated carbocycles. The normalized spacial score (nSPS) is 28.5. The van der Waals surface area contributed by atoms with Crippen LogP contribution in [0, 0.1) is 10.8 Å². The average molecular weight is 359 g/mol. The lowest BCUT2D eigenvalue weighted by molar-refractivity contribution is -0.168. The fourth-order valence-corrected chi connectivity index (χ4v) is 4.58. The number of aliphatic hydroxyl groups is 1. The molecule has 5 heteroatoms. The maximum atomic E-state index is 13.0. The largest absolute Gasteiger partial charge is 0.481 e. The minimum Gasteiger partial charge on any atom is -0.481 e. The Bertz CT molecular complexity index is 653. The van der Waals surface area contributed by atoms with Crippen LogP contribution in [0.4, 0.5) is 0 Å². The van der Waals surface area contributed by atoms with E-state index < -0.39 is 17.5 Å². The van der Waals surface area contributed by atoms with E-state index >= 15 is 0 Å². The predicted molar refractivity (Wildman–Crippen MR) is 98.6 cm³/mol. The number of β-amino-alcohol motifs (C(OH)–C–C–N with tert-alkyl or cyclic N) is 1. The van der Waals surface area contributed by atoms with Gasteiger partial charge in [0.15, 0.2) is 0 Å². The van der Waals surface area contributed by atoms with E-state index in [4.69, 9.17) is 0 Å². The number of carboxylic acids is 1. The van der Waals surface area contributed by atoms with E-state index in [9.17, 15) is 19.8 Å². The maximum absolute atomic E-state index is 13.0. The maximum Gasteiger partial charge on any atom is 0.312 e. The van der Waals surface area contributed by atoms with Gasteiger partial charge in [0.1, 0.15) is 5.41 Å². The number of aliphatic carboxylic acids is 1. The third-order valence-electron chi connectivity index (χ3n) is 6.41. The lowest BCUT2D eigenvalue weighted by Gasteiger charge is -2.46. The van der Waals surface area contributed by atoms with Crippen molar-refractivity contribution in [3.8, 4) is 0 Å². The number of likely N-dealkylation sites (tertiary alicyclic amines) is 1. The molecular weight excluding hydrogens is 330 g/mol. The van der Waals surface area contributed by atoms with Crippen molar-refractivity contribution in [2.45, 2.75) is 58.0 Å². The molecule has 1 aromatic carbocycles. The van der Waals surface area contributed by atoms with Gasteiger partial charge in [-0.25, -0.2) is 0 Å². The highest BCUT2D eigenvalue weighted by atomic mass is 16.4. The van der Waals surface area contributed by atoms with Gasteiger partial charge in [-0.1, -0.05) is 56.5 Å². The van der Waals surface area contributed by atoms with E-state index in [1.54, 1.807) is 4.90 Å². The zero-order chi connectivity index (χ0) is 18.8. The summed E-state index contributed by atoms with van der Waals surface area (Å²) in [6, 6.07) is 9.41. The van der Waals surface area contributed by atoms with Crippen molar-refractivity contribution in [3.63, 3.8) is 0 Å². The van der Waals surface area contributed by atoms with Crippen molar-refractivity contribution in [1.82, 2.24) is 4.90 Å². The van der Waals surface area contributed by atoms with Crippen molar-refractivity contribution < 1.29 is 19.8 Å². The minimum absolute atomic E-state index is 0.0787. The molecular formula is C21H29NO4. The standard InChI is InChI=1S/C21H29NO4/c1-20(10-6-3-7-11-20)18(24)22-13-12-21(19(25)26,17(23)15-22)14-16-8-4-2-5-9-16/h2,4-5,8-9,17,23H,3,6-7,10-15H2,1H3,(H,25,26)/t17-,21+/m0/s1. The summed E-state index contributed by atoms with van der Waals surface area (Å²) in [6.07, 6.45) is 4.55. The van der Waals surface area contributed by atoms with Crippen LogP contribution in [-0.4, -0.2) is 46.2 Å². The van der Waals surface area contributed by atoms with Crippen molar-refractivity contribution >= 4 is 11.9 Å². The quantitative estimate of drug-likeness (QED) is 0.866. The number of benzene rings is 1. The second-order valence-corrected chi connectivity index (χ2v) is 8.26. The molecule has 142 valence electrons. The first-order valence-electron chi connectivity index (χ1n) is 9.62. The highest BCUT2D eigenvalue weighted by Gasteiger charge is 2.51. The number of carboxylic acid groups (broad SMARTS) is 1. The molecule has 3 rings (SSSR count). The van der Waals surface area contributed by atoms with Crippen LogP contribution >= 0.6 is 0 Å². The number of hydrogen-bond donors (Lipinski definition) is 2. The Hall–Kier alpha value is -1.88. The molecule has 1 aliphatic heterocycles. The summed E-state index contributed by atoms with van der Waals surface area (Å²) in [5, 5.41) is 20.7. The molecule has 1 aliphatic carbocycles. The minimum atomic E-state index is -1.23. The first-order valence-corrected chi connectivity index (χ1v) is 9.62. The predicted octanol–water partition coefficient (Wildman–Crippen LogP) is 2.86. The average Bonchev–Trinajstić information content (AvgIpc) is 2.64. The van der Waals surface area contributed by atoms with E-state index in [1.807, 2.05) is 37.3 Å². The number of carbonyl (C=O) groups excluding carboxylic acids is 1. The van der Waals surface area contributed by atoms with Crippen LogP contribution in [0.3, 0.4) is 0 Å². The van der Waals surface area contributed by atoms with Gasteiger partial charge in [-0.15, -0.1) is 0 Å². The zero-order valence-electron chi connectivity index (χ0n) is 15.5. The molecule has 0 radical (unpaired) electrons. The highest BCUT2D eigenvalue weighted by Crippen LogP contribution is 2.41. The first kappa shape index (κ1) is 18.9. The van der Waals surface area contributed by atoms with E-state index in [2.05, 4.69) is 0 Å². The number of nitrogens with zero attached hydrogens (tertiary/aromatic N) is 1. The summed E-state index contributed by atoms with van der Waals surface area (Å²) >= 11 is 0. The van der Waals surface area contributed by atoms with E-state index in [0.29, 0.717) is 6.54 Å². The fraction of sp³-hybridized carbons (Fsp3) is 0.619. The van der Waals surface area contributed by atoms with E-state index in [1.165, 1.54) is 6.42 Å². The van der Waals surface area contributed by atoms with Gasteiger partial charge in [-0.05, 0) is 31.2 Å². The molecule has 5 nitrogen and oxygen atoms in total. The van der Waals surface area contributed by atoms with Crippen molar-refractivity contribution in [2.24, 2.45) is 10.8 Å². The van der Waals surface area contributed by atoms with E-state index in [-0.39, 0.29) is 30.7 Å². The molecule has 0 unspecified atom stereocenters. The molecule has 1 saturated heterocycles. The Kier molecular flexibility index (Phi) is 5.37. The second-order valence-electron chi connectivity index (χ2n) is 8.26. The molecule has 0 aromatic heterocycles. The number of amides is 1. The number of hydrogen-bond acceptors (Lipinski definition) is 3. The fourth-order valence-electron chi connectivity index (χ4n) is 4.58. The summed E-state index contributed by atoms with van der Waals surface area (Å²) in [5.41, 5.74) is -0.695. The van der Waals surface area contributed by atoms with Crippen LogP contribution in [0.2, 0.25) is 0 Å². The van der Waals surface area contributed by atoms with Gasteiger partial charge in [-0.3, -0.25) is 9.59 Å². The van der Waals surface area contributed by atoms with Gasteiger partial charge < -0.3 is 15.1 Å². The Morgan fingerprint density at radius 2 is 1.77 bits per heavy atom. The number of aliphatic hydroxyl groups excluding tert-OH is 1. The summed E-state index contributed by atoms with van der Waals surface area (Å²) in [7, 11) is 0. The Balaban J connectivity index is 1.75. The van der Waals surface area contributed by atoms with Gasteiger partial charge in [0.05, 0.1) is 6.10 Å². The molecule has 2 atom stereocenters. The van der Waals surface area contributed by atoms with Crippen molar-refractivity contribution in [3.05, 3.63) is 35.9 Å². The molecule has 1 aromatic rings. The van der Waals surface area contributed by atoms with Gasteiger partial charge in [-0.2, -0.15) is 0 Å². The third kappa shape index (κ3) is 3.50. The smallest absolute Gasteiger partial charge is 0.312 e. The zero-order valence-corrected chi connectivity index (χ0v) is 15.5. The topological polar surface area (TPSA) is 77.8 Å². The van der Waals surface area contributed by atoms with Crippen LogP contribution < -0.4 is 0 Å². The number of carbonyl (C=O) groups is 2. The molecule has 2 fully saturated rings. The number of piperidine rings is 1. The molecule has 1 heterocycles. The van der Waals surface area contributed by atoms with Crippen LogP contribution in [0.25, 0.3) is 0 Å². The van der Waals surface area contributed by atoms with Crippen LogP contribution in [0.15, 0.2) is 30.3 Å². The number of rotatable bonds is 4. The molecule has 0 bridgehead atoms. The van der Waals surface area contributed by atoms with Gasteiger partial charge >= 0.3 is 5.97 Å². The summed E-state index contributed by atoms with van der Waals surface area (Å²) in [5.74, 6) is -0.903. The molecule has 0 spiro atoms. The van der Waals surface area contributed by atoms with Crippen molar-refractivity contribution in [1.29, 1.82) is 0 Å². The summed E-state index contributed by atoms with van der Waals surface area (Å²) in [4.78, 5) is 26.8. The van der Waals surface area contributed by atoms with Crippen molar-refractivity contribution in [2.75, 3.05) is 13.1 Å². The second kappa shape index (κ2) is 7.39. The highest BCUT2D eigenvalue weighted by molar-refractivity contribution is 5.83. The van der Waals surface area contributed by atoms with Crippen LogP contribution in [0.5, 0.6) is 0 Å². The third-order valence-corrected chi connectivity index (χ3v) is 6.41. The van der Waals surface area contributed by atoms with E-state index in [0.717, 1.165) is 31.2 Å². The lowest BCUT2D eigenvalue weighted by Crippen LogP contribution is -2.59. The molecule has 2 aliphatic rings. The monoisotopic (exact) mass is 359 g/mol. The first-order chi connectivity index (χ1) is 12.4. The van der Waals surface area contributed by atoms with Crippen LogP contribution in [0.1, 0.15) is 51.0 Å². The SMILES string of the molecule is CC1(C(=O)N2CC[C@](Cc3ccccc3)(C(=O)O)[C@@H](O)C2)CCCCC1. The summed E-state index contributed by atoms with van der Waals surface area (Å²) in [6.45, 7) is 2.52. The van der Waals surface area contributed by atoms with Gasteiger partial charge in [0.25, 0.3) is 0 Å². The van der Waals surface area contributed by atoms with Gasteiger partial charge in [0, 0.05) is 18.5 Å². The Morgan fingerprint density at radius 3 is 2.35 bits per heavy atom. The molecule has 26 heavy (non-hydrogen) atoms. The Morgan fingerprint density at radius 1 is 1.12 bits per heavy atom. The lowest BCUT2D eigenvalue weighted by atomic mass is 9.70. The Labute approximate surface area is 155 Å². The molecule has 2 N–H and O–H groups in total. The van der Waals surface area contributed by atoms with Crippen LogP contribution in [-0.2, 0) is 16.0 Å². The van der Waals surface area contributed by atoms with Gasteiger partial charge in [0.2, 0.25) is 5.91 Å².